The molecule has 0 aliphatic rings. The first-order valence-electron chi connectivity index (χ1n) is 7.42. The minimum absolute atomic E-state index is 0. The van der Waals surface area contributed by atoms with E-state index in [1.807, 2.05) is 44.1 Å². The molecule has 0 radical (unpaired) electrons. The van der Waals surface area contributed by atoms with Crippen molar-refractivity contribution in [3.8, 4) is 0 Å². The van der Waals surface area contributed by atoms with Crippen LogP contribution in [0.3, 0.4) is 0 Å². The number of carbonyl (C=O) groups excluding carboxylic acids is 1. The second-order valence-corrected chi connectivity index (χ2v) is 6.66. The molecule has 0 bridgehead atoms. The van der Waals surface area contributed by atoms with E-state index in [1.165, 1.54) is 17.6 Å². The summed E-state index contributed by atoms with van der Waals surface area (Å²) in [7, 11) is 3.97. The van der Waals surface area contributed by atoms with Gasteiger partial charge in [-0.3, -0.25) is 9.69 Å². The highest BCUT2D eigenvalue weighted by atomic mass is 35.5. The largest absolute Gasteiger partial charge is 0.459 e. The molecule has 0 aliphatic heterocycles. The number of hydrogen-bond donors (Lipinski definition) is 0. The fraction of sp³-hybridized carbons (Fsp3) is 0.294. The van der Waals surface area contributed by atoms with E-state index in [4.69, 9.17) is 4.42 Å². The molecule has 0 saturated carbocycles. The quantitative estimate of drug-likeness (QED) is 0.689. The van der Waals surface area contributed by atoms with Crippen LogP contribution in [-0.4, -0.2) is 43.0 Å². The molecule has 1 aromatic carbocycles. The van der Waals surface area contributed by atoms with Gasteiger partial charge in [-0.2, -0.15) is 0 Å². The second kappa shape index (κ2) is 7.79. The Labute approximate surface area is 151 Å². The number of aromatic nitrogens is 1. The number of aryl methyl sites for hydroxylation is 1. The summed E-state index contributed by atoms with van der Waals surface area (Å²) in [5, 5.41) is 0.706. The van der Waals surface area contributed by atoms with E-state index in [2.05, 4.69) is 4.98 Å². The number of likely N-dealkylation sites (N-methyl/N-ethyl adjacent to an activating group) is 1. The number of para-hydroxylation sites is 1. The lowest BCUT2D eigenvalue weighted by atomic mass is 10.2. The molecule has 128 valence electrons. The topological polar surface area (TPSA) is 49.6 Å². The van der Waals surface area contributed by atoms with Gasteiger partial charge < -0.3 is 9.32 Å². The van der Waals surface area contributed by atoms with Crippen LogP contribution in [0.25, 0.3) is 10.2 Å². The number of rotatable bonds is 5. The molecule has 3 rings (SSSR count). The third-order valence-electron chi connectivity index (χ3n) is 3.59. The molecule has 7 heteroatoms. The molecule has 2 aromatic heterocycles. The molecule has 0 spiro atoms. The summed E-state index contributed by atoms with van der Waals surface area (Å²) in [5.74, 6) is 0.174. The Hall–Kier alpha value is -1.89. The van der Waals surface area contributed by atoms with Crippen molar-refractivity contribution in [2.24, 2.45) is 0 Å². The smallest absolute Gasteiger partial charge is 0.295 e. The summed E-state index contributed by atoms with van der Waals surface area (Å²) in [4.78, 5) is 21.2. The van der Waals surface area contributed by atoms with Crippen LogP contribution >= 0.6 is 23.7 Å². The molecular formula is C17H20ClN3O2S. The molecule has 0 fully saturated rings. The van der Waals surface area contributed by atoms with Crippen LogP contribution in [0.4, 0.5) is 5.13 Å². The van der Waals surface area contributed by atoms with Crippen molar-refractivity contribution in [3.05, 3.63) is 47.9 Å². The number of amides is 1. The number of nitrogens with zero attached hydrogens (tertiary/aromatic N) is 3. The maximum Gasteiger partial charge on any atom is 0.295 e. The van der Waals surface area contributed by atoms with Crippen molar-refractivity contribution in [2.75, 3.05) is 32.1 Å². The molecule has 0 N–H and O–H groups in total. The normalized spacial score (nSPS) is 10.8. The van der Waals surface area contributed by atoms with Crippen LogP contribution in [0.1, 0.15) is 16.1 Å². The maximum absolute atomic E-state index is 12.8. The van der Waals surface area contributed by atoms with Gasteiger partial charge in [-0.15, -0.1) is 12.4 Å². The van der Waals surface area contributed by atoms with Gasteiger partial charge in [0.2, 0.25) is 0 Å². The highest BCUT2D eigenvalue weighted by Crippen LogP contribution is 2.31. The number of anilines is 1. The molecule has 5 nitrogen and oxygen atoms in total. The molecule has 0 saturated heterocycles. The minimum Gasteiger partial charge on any atom is -0.459 e. The summed E-state index contributed by atoms with van der Waals surface area (Å²) in [6.07, 6.45) is 1.51. The zero-order valence-corrected chi connectivity index (χ0v) is 15.5. The average Bonchev–Trinajstić information content (AvgIpc) is 3.16. The van der Waals surface area contributed by atoms with Gasteiger partial charge >= 0.3 is 0 Å². The Morgan fingerprint density at radius 2 is 2.00 bits per heavy atom. The van der Waals surface area contributed by atoms with E-state index in [9.17, 15) is 4.79 Å². The Balaban J connectivity index is 0.00000208. The maximum atomic E-state index is 12.8. The Morgan fingerprint density at radius 3 is 2.62 bits per heavy atom. The summed E-state index contributed by atoms with van der Waals surface area (Å²) in [6.45, 7) is 3.34. The van der Waals surface area contributed by atoms with E-state index in [-0.39, 0.29) is 18.3 Å². The van der Waals surface area contributed by atoms with Crippen LogP contribution < -0.4 is 4.90 Å². The van der Waals surface area contributed by atoms with Gasteiger partial charge in [-0.25, -0.2) is 4.98 Å². The van der Waals surface area contributed by atoms with E-state index in [0.29, 0.717) is 17.4 Å². The zero-order valence-electron chi connectivity index (χ0n) is 13.9. The van der Waals surface area contributed by atoms with Crippen LogP contribution in [0, 0.1) is 6.92 Å². The number of fused-ring (bicyclic) bond motifs is 1. The molecule has 2 heterocycles. The SMILES string of the molecule is Cc1cccc2sc(N(CCN(C)C)C(=O)c3ccco3)nc12.Cl. The summed E-state index contributed by atoms with van der Waals surface area (Å²) in [5.41, 5.74) is 2.07. The molecule has 0 unspecified atom stereocenters. The Kier molecular flexibility index (Phi) is 5.99. The van der Waals surface area contributed by atoms with Crippen LogP contribution in [0.2, 0.25) is 0 Å². The molecule has 0 aliphatic carbocycles. The third kappa shape index (κ3) is 3.77. The number of thiazole rings is 1. The van der Waals surface area contributed by atoms with Gasteiger partial charge in [-0.05, 0) is 44.8 Å². The monoisotopic (exact) mass is 365 g/mol. The standard InChI is InChI=1S/C17H19N3O2S.ClH/c1-12-6-4-8-14-15(12)18-17(23-14)20(10-9-19(2)3)16(21)13-7-5-11-22-13;/h4-8,11H,9-10H2,1-3H3;1H. The number of carbonyl (C=O) groups is 1. The number of benzene rings is 1. The summed E-state index contributed by atoms with van der Waals surface area (Å²) >= 11 is 1.53. The molecular weight excluding hydrogens is 346 g/mol. The number of hydrogen-bond acceptors (Lipinski definition) is 5. The van der Waals surface area contributed by atoms with Crippen molar-refractivity contribution in [1.82, 2.24) is 9.88 Å². The first-order valence-corrected chi connectivity index (χ1v) is 8.24. The van der Waals surface area contributed by atoms with Crippen molar-refractivity contribution in [3.63, 3.8) is 0 Å². The minimum atomic E-state index is -0.159. The van der Waals surface area contributed by atoms with Gasteiger partial charge in [0.25, 0.3) is 5.91 Å². The Morgan fingerprint density at radius 1 is 1.21 bits per heavy atom. The summed E-state index contributed by atoms with van der Waals surface area (Å²) in [6, 6.07) is 9.48. The van der Waals surface area contributed by atoms with Crippen LogP contribution in [0.15, 0.2) is 41.0 Å². The van der Waals surface area contributed by atoms with Crippen LogP contribution in [-0.2, 0) is 0 Å². The van der Waals surface area contributed by atoms with Crippen LogP contribution in [0.5, 0.6) is 0 Å². The van der Waals surface area contributed by atoms with E-state index < -0.39 is 0 Å². The Bertz CT molecular complexity index is 814. The predicted molar refractivity (Wildman–Crippen MR) is 101 cm³/mol. The zero-order chi connectivity index (χ0) is 16.4. The van der Waals surface area contributed by atoms with Crippen molar-refractivity contribution in [1.29, 1.82) is 0 Å². The van der Waals surface area contributed by atoms with Crippen molar-refractivity contribution < 1.29 is 9.21 Å². The van der Waals surface area contributed by atoms with Crippen molar-refractivity contribution in [2.45, 2.75) is 6.92 Å². The first-order chi connectivity index (χ1) is 11.1. The average molecular weight is 366 g/mol. The second-order valence-electron chi connectivity index (χ2n) is 5.66. The lowest BCUT2D eigenvalue weighted by Crippen LogP contribution is -2.36. The molecule has 24 heavy (non-hydrogen) atoms. The van der Waals surface area contributed by atoms with Gasteiger partial charge in [0.05, 0.1) is 16.5 Å². The number of halogens is 1. The number of furan rings is 1. The van der Waals surface area contributed by atoms with Gasteiger partial charge in [0.15, 0.2) is 10.9 Å². The van der Waals surface area contributed by atoms with E-state index in [0.717, 1.165) is 22.3 Å². The van der Waals surface area contributed by atoms with Gasteiger partial charge in [-0.1, -0.05) is 23.5 Å². The lowest BCUT2D eigenvalue weighted by Gasteiger charge is -2.20. The van der Waals surface area contributed by atoms with E-state index >= 15 is 0 Å². The van der Waals surface area contributed by atoms with E-state index in [1.54, 1.807) is 17.0 Å². The van der Waals surface area contributed by atoms with Crippen molar-refractivity contribution >= 4 is 45.0 Å². The summed E-state index contributed by atoms with van der Waals surface area (Å²) < 4.78 is 6.36. The highest BCUT2D eigenvalue weighted by Gasteiger charge is 2.23. The van der Waals surface area contributed by atoms with Gasteiger partial charge in [0, 0.05) is 13.1 Å². The third-order valence-corrected chi connectivity index (χ3v) is 4.63. The fourth-order valence-corrected chi connectivity index (χ4v) is 3.38. The highest BCUT2D eigenvalue weighted by molar-refractivity contribution is 7.22. The fourth-order valence-electron chi connectivity index (χ4n) is 2.31. The lowest BCUT2D eigenvalue weighted by molar-refractivity contribution is 0.0958. The predicted octanol–water partition coefficient (Wildman–Crippen LogP) is 3.83. The van der Waals surface area contributed by atoms with Gasteiger partial charge in [0.1, 0.15) is 0 Å². The first kappa shape index (κ1) is 18.4. The molecule has 1 amide bonds. The molecule has 3 aromatic rings. The molecule has 0 atom stereocenters.